The van der Waals surface area contributed by atoms with Crippen LogP contribution in [0.3, 0.4) is 0 Å². The predicted octanol–water partition coefficient (Wildman–Crippen LogP) is 5.92. The third kappa shape index (κ3) is 3.33. The highest BCUT2D eigenvalue weighted by molar-refractivity contribution is 9.10. The molecule has 1 N–H and O–H groups in total. The van der Waals surface area contributed by atoms with E-state index in [9.17, 15) is 4.79 Å². The Hall–Kier alpha value is -2.04. The lowest BCUT2D eigenvalue weighted by atomic mass is 10.1. The van der Waals surface area contributed by atoms with E-state index in [0.29, 0.717) is 16.5 Å². The average Bonchev–Trinajstić information content (AvgIpc) is 3.02. The average molecular weight is 391 g/mol. The first-order valence-electron chi connectivity index (χ1n) is 6.97. The Bertz CT molecular complexity index is 873. The van der Waals surface area contributed by atoms with Gasteiger partial charge in [0.1, 0.15) is 5.76 Å². The summed E-state index contributed by atoms with van der Waals surface area (Å²) in [5.41, 5.74) is 2.48. The number of furan rings is 1. The van der Waals surface area contributed by atoms with E-state index in [1.807, 2.05) is 49.4 Å². The number of halogens is 2. The van der Waals surface area contributed by atoms with Crippen molar-refractivity contribution < 1.29 is 9.21 Å². The van der Waals surface area contributed by atoms with E-state index in [-0.39, 0.29) is 11.7 Å². The molecule has 1 amide bonds. The maximum absolute atomic E-state index is 12.3. The van der Waals surface area contributed by atoms with Gasteiger partial charge in [0.05, 0.1) is 5.69 Å². The van der Waals surface area contributed by atoms with Crippen LogP contribution in [0.4, 0.5) is 5.69 Å². The Balaban J connectivity index is 1.86. The normalized spacial score (nSPS) is 10.6. The Morgan fingerprint density at radius 3 is 2.65 bits per heavy atom. The molecule has 116 valence electrons. The topological polar surface area (TPSA) is 42.2 Å². The van der Waals surface area contributed by atoms with Gasteiger partial charge in [0.2, 0.25) is 0 Å². The second kappa shape index (κ2) is 6.60. The molecule has 0 saturated carbocycles. The summed E-state index contributed by atoms with van der Waals surface area (Å²) in [6.45, 7) is 1.92. The molecule has 0 spiro atoms. The number of carbonyl (C=O) groups is 1. The van der Waals surface area contributed by atoms with Crippen LogP contribution < -0.4 is 5.32 Å². The molecule has 3 aromatic rings. The van der Waals surface area contributed by atoms with Gasteiger partial charge in [0, 0.05) is 15.1 Å². The van der Waals surface area contributed by atoms with Crippen LogP contribution in [0, 0.1) is 6.92 Å². The summed E-state index contributed by atoms with van der Waals surface area (Å²) in [5.74, 6) is 0.556. The summed E-state index contributed by atoms with van der Waals surface area (Å²) in [7, 11) is 0. The fourth-order valence-corrected chi connectivity index (χ4v) is 2.78. The zero-order valence-corrected chi connectivity index (χ0v) is 14.6. The zero-order chi connectivity index (χ0) is 16.4. The zero-order valence-electron chi connectivity index (χ0n) is 12.3. The highest BCUT2D eigenvalue weighted by Crippen LogP contribution is 2.30. The third-order valence-electron chi connectivity index (χ3n) is 3.48. The predicted molar refractivity (Wildman–Crippen MR) is 96.0 cm³/mol. The second-order valence-electron chi connectivity index (χ2n) is 5.01. The molecule has 3 nitrogen and oxygen atoms in total. The number of hydrogen-bond donors (Lipinski definition) is 1. The lowest BCUT2D eigenvalue weighted by molar-refractivity contribution is 0.0997. The molecule has 0 saturated heterocycles. The molecule has 0 bridgehead atoms. The van der Waals surface area contributed by atoms with E-state index in [0.717, 1.165) is 15.6 Å². The van der Waals surface area contributed by atoms with Crippen molar-refractivity contribution in [1.82, 2.24) is 0 Å². The van der Waals surface area contributed by atoms with Crippen molar-refractivity contribution in [3.05, 3.63) is 75.4 Å². The summed E-state index contributed by atoms with van der Waals surface area (Å²) in [4.78, 5) is 12.3. The first-order chi connectivity index (χ1) is 11.1. The Morgan fingerprint density at radius 2 is 1.87 bits per heavy atom. The number of nitrogens with one attached hydrogen (secondary N) is 1. The molecule has 0 atom stereocenters. The van der Waals surface area contributed by atoms with Crippen molar-refractivity contribution in [2.24, 2.45) is 0 Å². The molecule has 5 heteroatoms. The molecule has 0 aliphatic carbocycles. The van der Waals surface area contributed by atoms with Crippen molar-refractivity contribution in [2.45, 2.75) is 6.92 Å². The molecular weight excluding hydrogens is 378 g/mol. The van der Waals surface area contributed by atoms with Gasteiger partial charge in [0.15, 0.2) is 5.76 Å². The minimum Gasteiger partial charge on any atom is -0.451 e. The van der Waals surface area contributed by atoms with E-state index in [4.69, 9.17) is 16.0 Å². The molecule has 0 radical (unpaired) electrons. The Morgan fingerprint density at radius 1 is 1.09 bits per heavy atom. The number of para-hydroxylation sites is 1. The van der Waals surface area contributed by atoms with Crippen LogP contribution in [0.15, 0.2) is 63.5 Å². The van der Waals surface area contributed by atoms with Crippen molar-refractivity contribution in [3.63, 3.8) is 0 Å². The SMILES string of the molecule is Cc1c(Cl)cccc1-c1ccc(C(=O)Nc2ccccc2Br)o1. The molecular formula is C18H13BrClNO2. The summed E-state index contributed by atoms with van der Waals surface area (Å²) in [5, 5.41) is 3.48. The summed E-state index contributed by atoms with van der Waals surface area (Å²) in [6, 6.07) is 16.4. The monoisotopic (exact) mass is 389 g/mol. The van der Waals surface area contributed by atoms with Crippen LogP contribution in [0.2, 0.25) is 5.02 Å². The fraction of sp³-hybridized carbons (Fsp3) is 0.0556. The molecule has 3 rings (SSSR count). The standard InChI is InChI=1S/C18H13BrClNO2/c1-11-12(5-4-7-14(11)20)16-9-10-17(23-16)18(22)21-15-8-3-2-6-13(15)19/h2-10H,1H3,(H,21,22). The van der Waals surface area contributed by atoms with Crippen LogP contribution in [0.25, 0.3) is 11.3 Å². The first kappa shape index (κ1) is 15.8. The Kier molecular flexibility index (Phi) is 4.55. The first-order valence-corrected chi connectivity index (χ1v) is 8.14. The van der Waals surface area contributed by atoms with Crippen molar-refractivity contribution >= 4 is 39.1 Å². The van der Waals surface area contributed by atoms with Crippen LogP contribution in [-0.4, -0.2) is 5.91 Å². The van der Waals surface area contributed by atoms with E-state index >= 15 is 0 Å². The summed E-state index contributed by atoms with van der Waals surface area (Å²) < 4.78 is 6.50. The van der Waals surface area contributed by atoms with Gasteiger partial charge in [-0.05, 0) is 58.7 Å². The minimum absolute atomic E-state index is 0.245. The molecule has 1 aromatic heterocycles. The third-order valence-corrected chi connectivity index (χ3v) is 4.59. The number of hydrogen-bond acceptors (Lipinski definition) is 2. The van der Waals surface area contributed by atoms with Crippen molar-refractivity contribution in [3.8, 4) is 11.3 Å². The lowest BCUT2D eigenvalue weighted by Crippen LogP contribution is -2.11. The molecule has 0 aliphatic rings. The van der Waals surface area contributed by atoms with Crippen molar-refractivity contribution in [2.75, 3.05) is 5.32 Å². The smallest absolute Gasteiger partial charge is 0.291 e. The van der Waals surface area contributed by atoms with Gasteiger partial charge in [-0.1, -0.05) is 35.9 Å². The minimum atomic E-state index is -0.303. The van der Waals surface area contributed by atoms with Gasteiger partial charge >= 0.3 is 0 Å². The van der Waals surface area contributed by atoms with E-state index in [1.54, 1.807) is 12.1 Å². The van der Waals surface area contributed by atoms with E-state index < -0.39 is 0 Å². The largest absolute Gasteiger partial charge is 0.451 e. The van der Waals surface area contributed by atoms with Gasteiger partial charge < -0.3 is 9.73 Å². The molecule has 23 heavy (non-hydrogen) atoms. The van der Waals surface area contributed by atoms with Gasteiger partial charge in [-0.3, -0.25) is 4.79 Å². The van der Waals surface area contributed by atoms with Crippen LogP contribution in [0.1, 0.15) is 16.1 Å². The van der Waals surface area contributed by atoms with Crippen LogP contribution in [0.5, 0.6) is 0 Å². The van der Waals surface area contributed by atoms with Crippen LogP contribution in [-0.2, 0) is 0 Å². The number of carbonyl (C=O) groups excluding carboxylic acids is 1. The second-order valence-corrected chi connectivity index (χ2v) is 6.27. The number of benzene rings is 2. The molecule has 1 heterocycles. The number of anilines is 1. The number of rotatable bonds is 3. The quantitative estimate of drug-likeness (QED) is 0.603. The maximum Gasteiger partial charge on any atom is 0.291 e. The van der Waals surface area contributed by atoms with E-state index in [2.05, 4.69) is 21.2 Å². The van der Waals surface area contributed by atoms with Gasteiger partial charge in [-0.25, -0.2) is 0 Å². The van der Waals surface area contributed by atoms with Gasteiger partial charge in [-0.15, -0.1) is 0 Å². The highest BCUT2D eigenvalue weighted by Gasteiger charge is 2.15. The number of amides is 1. The molecule has 0 aliphatic heterocycles. The lowest BCUT2D eigenvalue weighted by Gasteiger charge is -2.06. The Labute approximate surface area is 147 Å². The van der Waals surface area contributed by atoms with Crippen LogP contribution >= 0.6 is 27.5 Å². The van der Waals surface area contributed by atoms with Gasteiger partial charge in [0.25, 0.3) is 5.91 Å². The van der Waals surface area contributed by atoms with Crippen molar-refractivity contribution in [1.29, 1.82) is 0 Å². The molecule has 0 fully saturated rings. The highest BCUT2D eigenvalue weighted by atomic mass is 79.9. The summed E-state index contributed by atoms with van der Waals surface area (Å²) >= 11 is 9.53. The van der Waals surface area contributed by atoms with E-state index in [1.165, 1.54) is 0 Å². The summed E-state index contributed by atoms with van der Waals surface area (Å²) in [6.07, 6.45) is 0. The molecule has 0 unspecified atom stereocenters. The maximum atomic E-state index is 12.3. The fourth-order valence-electron chi connectivity index (χ4n) is 2.23. The van der Waals surface area contributed by atoms with Gasteiger partial charge in [-0.2, -0.15) is 0 Å². The molecule has 2 aromatic carbocycles.